The van der Waals surface area contributed by atoms with E-state index >= 15 is 0 Å². The average molecular weight is 322 g/mol. The number of nitrogens with zero attached hydrogens (tertiary/aromatic N) is 3. The van der Waals surface area contributed by atoms with Crippen LogP contribution in [0.2, 0.25) is 0 Å². The minimum atomic E-state index is -0.538. The Morgan fingerprint density at radius 3 is 2.79 bits per heavy atom. The van der Waals surface area contributed by atoms with Gasteiger partial charge in [-0.2, -0.15) is 5.10 Å². The van der Waals surface area contributed by atoms with E-state index in [1.54, 1.807) is 4.68 Å². The molecule has 0 radical (unpaired) electrons. The Bertz CT molecular complexity index is 905. The summed E-state index contributed by atoms with van der Waals surface area (Å²) in [5.41, 5.74) is 3.12. The van der Waals surface area contributed by atoms with Crippen molar-refractivity contribution in [3.8, 4) is 5.69 Å². The molecule has 3 aromatic rings. The summed E-state index contributed by atoms with van der Waals surface area (Å²) in [6.07, 6.45) is 5.22. The zero-order valence-electron chi connectivity index (χ0n) is 12.9. The van der Waals surface area contributed by atoms with E-state index < -0.39 is 11.7 Å². The lowest BCUT2D eigenvalue weighted by molar-refractivity contribution is 0.102. The van der Waals surface area contributed by atoms with Crippen LogP contribution in [0.4, 0.5) is 10.2 Å². The van der Waals surface area contributed by atoms with E-state index in [0.29, 0.717) is 5.82 Å². The molecule has 5 nitrogen and oxygen atoms in total. The molecule has 0 saturated heterocycles. The van der Waals surface area contributed by atoms with E-state index in [1.807, 2.05) is 30.3 Å². The number of benzene rings is 1. The van der Waals surface area contributed by atoms with Crippen LogP contribution in [0.15, 0.2) is 48.8 Å². The van der Waals surface area contributed by atoms with Gasteiger partial charge in [0.05, 0.1) is 23.1 Å². The molecule has 1 aromatic carbocycles. The zero-order chi connectivity index (χ0) is 16.5. The lowest BCUT2D eigenvalue weighted by Crippen LogP contribution is -2.16. The van der Waals surface area contributed by atoms with Gasteiger partial charge in [-0.15, -0.1) is 0 Å². The van der Waals surface area contributed by atoms with Gasteiger partial charge in [-0.1, -0.05) is 18.2 Å². The standard InChI is InChI=1S/C18H15FN4O/c19-13-9-12(10-20-11-13)18(24)21-17-15-7-4-8-16(15)22-23(17)14-5-2-1-3-6-14/h1-3,5-6,9-11H,4,7-8H2,(H,21,24). The number of hydrogen-bond acceptors (Lipinski definition) is 3. The number of nitrogens with one attached hydrogen (secondary N) is 1. The lowest BCUT2D eigenvalue weighted by Gasteiger charge is -2.11. The molecule has 0 fully saturated rings. The molecule has 1 aliphatic carbocycles. The molecule has 2 aromatic heterocycles. The third-order valence-electron chi connectivity index (χ3n) is 4.11. The lowest BCUT2D eigenvalue weighted by atomic mass is 10.2. The number of pyridine rings is 1. The Kier molecular flexibility index (Phi) is 3.57. The molecule has 0 bridgehead atoms. The van der Waals surface area contributed by atoms with Crippen molar-refractivity contribution < 1.29 is 9.18 Å². The molecule has 6 heteroatoms. The van der Waals surface area contributed by atoms with Crippen molar-refractivity contribution in [3.63, 3.8) is 0 Å². The Morgan fingerprint density at radius 1 is 1.17 bits per heavy atom. The summed E-state index contributed by atoms with van der Waals surface area (Å²) in [6.45, 7) is 0. The number of carbonyl (C=O) groups excluding carboxylic acids is 1. The van der Waals surface area contributed by atoms with Crippen LogP contribution in [0, 0.1) is 5.82 Å². The van der Waals surface area contributed by atoms with Crippen molar-refractivity contribution in [2.75, 3.05) is 5.32 Å². The third kappa shape index (κ3) is 2.56. The second kappa shape index (κ2) is 5.88. The first kappa shape index (κ1) is 14.6. The molecule has 2 heterocycles. The van der Waals surface area contributed by atoms with Crippen LogP contribution in [0.1, 0.15) is 28.0 Å². The summed E-state index contributed by atoms with van der Waals surface area (Å²) in [7, 11) is 0. The molecule has 0 saturated carbocycles. The third-order valence-corrected chi connectivity index (χ3v) is 4.11. The van der Waals surface area contributed by atoms with Crippen LogP contribution in [0.25, 0.3) is 5.69 Å². The Balaban J connectivity index is 1.73. The minimum Gasteiger partial charge on any atom is -0.306 e. The van der Waals surface area contributed by atoms with Crippen molar-refractivity contribution in [2.24, 2.45) is 0 Å². The highest BCUT2D eigenvalue weighted by molar-refractivity contribution is 6.04. The van der Waals surface area contributed by atoms with E-state index in [0.717, 1.165) is 42.4 Å². The maximum atomic E-state index is 13.3. The van der Waals surface area contributed by atoms with Crippen LogP contribution in [0.5, 0.6) is 0 Å². The summed E-state index contributed by atoms with van der Waals surface area (Å²) in [5.74, 6) is -0.277. The molecule has 0 unspecified atom stereocenters. The van der Waals surface area contributed by atoms with Crippen LogP contribution in [0.3, 0.4) is 0 Å². The van der Waals surface area contributed by atoms with Crippen molar-refractivity contribution in [1.82, 2.24) is 14.8 Å². The maximum Gasteiger partial charge on any atom is 0.258 e. The molecular weight excluding hydrogens is 307 g/mol. The van der Waals surface area contributed by atoms with Gasteiger partial charge in [-0.05, 0) is 37.5 Å². The van der Waals surface area contributed by atoms with Gasteiger partial charge in [0, 0.05) is 11.8 Å². The average Bonchev–Trinajstić information content (AvgIpc) is 3.18. The van der Waals surface area contributed by atoms with E-state index in [-0.39, 0.29) is 5.56 Å². The number of aryl methyl sites for hydroxylation is 1. The highest BCUT2D eigenvalue weighted by atomic mass is 19.1. The van der Waals surface area contributed by atoms with Gasteiger partial charge < -0.3 is 5.32 Å². The molecule has 24 heavy (non-hydrogen) atoms. The molecule has 4 rings (SSSR count). The second-order valence-electron chi connectivity index (χ2n) is 5.72. The van der Waals surface area contributed by atoms with Gasteiger partial charge in [-0.25, -0.2) is 9.07 Å². The van der Waals surface area contributed by atoms with Crippen molar-refractivity contribution in [1.29, 1.82) is 0 Å². The van der Waals surface area contributed by atoms with Gasteiger partial charge in [-0.3, -0.25) is 9.78 Å². The topological polar surface area (TPSA) is 59.8 Å². The summed E-state index contributed by atoms with van der Waals surface area (Å²) in [6, 6.07) is 10.8. The van der Waals surface area contributed by atoms with Gasteiger partial charge in [0.25, 0.3) is 5.91 Å². The van der Waals surface area contributed by atoms with E-state index in [4.69, 9.17) is 0 Å². The van der Waals surface area contributed by atoms with Gasteiger partial charge >= 0.3 is 0 Å². The van der Waals surface area contributed by atoms with E-state index in [9.17, 15) is 9.18 Å². The molecule has 1 N–H and O–H groups in total. The monoisotopic (exact) mass is 322 g/mol. The highest BCUT2D eigenvalue weighted by Crippen LogP contribution is 2.31. The summed E-state index contributed by atoms with van der Waals surface area (Å²) in [4.78, 5) is 16.2. The Hall–Kier alpha value is -3.02. The second-order valence-corrected chi connectivity index (χ2v) is 5.72. The predicted molar refractivity (Wildman–Crippen MR) is 87.7 cm³/mol. The summed E-state index contributed by atoms with van der Waals surface area (Å²) in [5, 5.41) is 7.53. The minimum absolute atomic E-state index is 0.183. The quantitative estimate of drug-likeness (QED) is 0.806. The summed E-state index contributed by atoms with van der Waals surface area (Å²) >= 11 is 0. The van der Waals surface area contributed by atoms with Crippen LogP contribution in [-0.4, -0.2) is 20.7 Å². The van der Waals surface area contributed by atoms with Gasteiger partial charge in [0.2, 0.25) is 0 Å². The molecule has 0 atom stereocenters. The van der Waals surface area contributed by atoms with Crippen LogP contribution < -0.4 is 5.32 Å². The SMILES string of the molecule is O=C(Nc1c2c(nn1-c1ccccc1)CCC2)c1cncc(F)c1. The van der Waals surface area contributed by atoms with E-state index in [1.165, 1.54) is 12.3 Å². The first-order chi connectivity index (χ1) is 11.7. The smallest absolute Gasteiger partial charge is 0.258 e. The predicted octanol–water partition coefficient (Wildman–Crippen LogP) is 3.15. The fourth-order valence-electron chi connectivity index (χ4n) is 2.99. The number of aromatic nitrogens is 3. The van der Waals surface area contributed by atoms with Gasteiger partial charge in [0.15, 0.2) is 0 Å². The Labute approximate surface area is 138 Å². The van der Waals surface area contributed by atoms with Crippen molar-refractivity contribution >= 4 is 11.7 Å². The molecule has 0 aliphatic heterocycles. The first-order valence-electron chi connectivity index (χ1n) is 7.80. The number of para-hydroxylation sites is 1. The fourth-order valence-corrected chi connectivity index (χ4v) is 2.99. The highest BCUT2D eigenvalue weighted by Gasteiger charge is 2.24. The number of hydrogen-bond donors (Lipinski definition) is 1. The number of halogens is 1. The normalized spacial score (nSPS) is 12.9. The summed E-state index contributed by atoms with van der Waals surface area (Å²) < 4.78 is 15.1. The van der Waals surface area contributed by atoms with E-state index in [2.05, 4.69) is 15.4 Å². The molecular formula is C18H15FN4O. The van der Waals surface area contributed by atoms with Crippen molar-refractivity contribution in [2.45, 2.75) is 19.3 Å². The molecule has 120 valence electrons. The zero-order valence-corrected chi connectivity index (χ0v) is 12.9. The van der Waals surface area contributed by atoms with Crippen LogP contribution >= 0.6 is 0 Å². The number of anilines is 1. The number of amides is 1. The fraction of sp³-hybridized carbons (Fsp3) is 0.167. The van der Waals surface area contributed by atoms with Gasteiger partial charge in [0.1, 0.15) is 11.6 Å². The Morgan fingerprint density at radius 2 is 2.00 bits per heavy atom. The number of rotatable bonds is 3. The van der Waals surface area contributed by atoms with Crippen LogP contribution in [-0.2, 0) is 12.8 Å². The maximum absolute atomic E-state index is 13.3. The number of carbonyl (C=O) groups is 1. The largest absolute Gasteiger partial charge is 0.306 e. The number of fused-ring (bicyclic) bond motifs is 1. The molecule has 1 aliphatic rings. The molecule has 1 amide bonds. The first-order valence-corrected chi connectivity index (χ1v) is 7.80. The van der Waals surface area contributed by atoms with Crippen molar-refractivity contribution in [3.05, 3.63) is 71.4 Å². The molecule has 0 spiro atoms.